The Balaban J connectivity index is 3.22. The topological polar surface area (TPSA) is 21.3 Å². The molecule has 0 bridgehead atoms. The quantitative estimate of drug-likeness (QED) is 0.564. The van der Waals surface area contributed by atoms with Crippen molar-refractivity contribution in [1.29, 1.82) is 0 Å². The molecule has 0 spiro atoms. The fourth-order valence-corrected chi connectivity index (χ4v) is 1.71. The minimum atomic E-state index is -0.0157. The van der Waals surface area contributed by atoms with Crippen molar-refractivity contribution < 1.29 is 4.74 Å². The maximum Gasteiger partial charge on any atom is 0.0750 e. The summed E-state index contributed by atoms with van der Waals surface area (Å²) < 4.78 is 5.81. The fourth-order valence-electron chi connectivity index (χ4n) is 1.71. The van der Waals surface area contributed by atoms with Gasteiger partial charge >= 0.3 is 0 Å². The second kappa shape index (κ2) is 9.17. The van der Waals surface area contributed by atoms with Crippen LogP contribution in [0.3, 0.4) is 0 Å². The summed E-state index contributed by atoms with van der Waals surface area (Å²) in [5, 5.41) is 3.15. The molecule has 2 nitrogen and oxygen atoms in total. The van der Waals surface area contributed by atoms with Crippen molar-refractivity contribution in [2.45, 2.75) is 64.9 Å². The molecule has 2 heteroatoms. The first-order chi connectivity index (χ1) is 7.12. The second-order valence-electron chi connectivity index (χ2n) is 4.91. The molecule has 0 saturated carbocycles. The molecule has 0 amide bonds. The van der Waals surface area contributed by atoms with Gasteiger partial charge in [-0.15, -0.1) is 0 Å². The van der Waals surface area contributed by atoms with Gasteiger partial charge in [-0.3, -0.25) is 0 Å². The van der Waals surface area contributed by atoms with Crippen LogP contribution >= 0.6 is 0 Å². The monoisotopic (exact) mass is 215 g/mol. The molecule has 0 fully saturated rings. The highest BCUT2D eigenvalue weighted by Gasteiger charge is 2.16. The molecule has 0 aliphatic heterocycles. The lowest BCUT2D eigenvalue weighted by atomic mass is 10.1. The molecular formula is C13H29NO. The number of likely N-dealkylation sites (N-methyl/N-ethyl adjacent to an activating group) is 1. The third-order valence-corrected chi connectivity index (χ3v) is 2.59. The zero-order valence-corrected chi connectivity index (χ0v) is 11.1. The Morgan fingerprint density at radius 1 is 1.00 bits per heavy atom. The Hall–Kier alpha value is -0.0800. The molecule has 0 atom stereocenters. The standard InChI is InChI=1S/C13H29NO/c1-5-6-7-8-9-10-11-15-13(2,3)12-14-4/h14H,5-12H2,1-4H3. The normalized spacial score (nSPS) is 12.0. The van der Waals surface area contributed by atoms with Crippen molar-refractivity contribution >= 4 is 0 Å². The fraction of sp³-hybridized carbons (Fsp3) is 1.00. The smallest absolute Gasteiger partial charge is 0.0750 e. The third kappa shape index (κ3) is 10.2. The van der Waals surface area contributed by atoms with Gasteiger partial charge in [0, 0.05) is 13.2 Å². The number of rotatable bonds is 10. The molecule has 15 heavy (non-hydrogen) atoms. The minimum Gasteiger partial charge on any atom is -0.374 e. The summed E-state index contributed by atoms with van der Waals surface area (Å²) in [6.45, 7) is 8.36. The molecular weight excluding hydrogens is 186 g/mol. The van der Waals surface area contributed by atoms with E-state index in [1.54, 1.807) is 0 Å². The lowest BCUT2D eigenvalue weighted by Gasteiger charge is -2.24. The van der Waals surface area contributed by atoms with Crippen molar-refractivity contribution in [2.75, 3.05) is 20.2 Å². The molecule has 0 aromatic rings. The van der Waals surface area contributed by atoms with Crippen LogP contribution in [0.1, 0.15) is 59.3 Å². The highest BCUT2D eigenvalue weighted by molar-refractivity contribution is 4.70. The van der Waals surface area contributed by atoms with Crippen LogP contribution in [-0.2, 0) is 4.74 Å². The molecule has 92 valence electrons. The summed E-state index contributed by atoms with van der Waals surface area (Å²) >= 11 is 0. The van der Waals surface area contributed by atoms with Gasteiger partial charge in [-0.25, -0.2) is 0 Å². The lowest BCUT2D eigenvalue weighted by Crippen LogP contribution is -2.36. The average molecular weight is 215 g/mol. The summed E-state index contributed by atoms with van der Waals surface area (Å²) in [5.74, 6) is 0. The number of ether oxygens (including phenoxy) is 1. The molecule has 0 rings (SSSR count). The van der Waals surface area contributed by atoms with Crippen LogP contribution in [0.15, 0.2) is 0 Å². The van der Waals surface area contributed by atoms with E-state index >= 15 is 0 Å². The Kier molecular flexibility index (Phi) is 9.12. The summed E-state index contributed by atoms with van der Waals surface area (Å²) in [4.78, 5) is 0. The molecule has 0 aromatic heterocycles. The second-order valence-corrected chi connectivity index (χ2v) is 4.91. The zero-order chi connectivity index (χ0) is 11.6. The molecule has 0 saturated heterocycles. The van der Waals surface area contributed by atoms with E-state index in [-0.39, 0.29) is 5.60 Å². The van der Waals surface area contributed by atoms with E-state index in [1.807, 2.05) is 7.05 Å². The molecule has 1 N–H and O–H groups in total. The van der Waals surface area contributed by atoms with E-state index in [9.17, 15) is 0 Å². The van der Waals surface area contributed by atoms with Crippen LogP contribution in [-0.4, -0.2) is 25.8 Å². The Morgan fingerprint density at radius 3 is 2.20 bits per heavy atom. The van der Waals surface area contributed by atoms with Crippen molar-refractivity contribution in [1.82, 2.24) is 5.32 Å². The SMILES string of the molecule is CCCCCCCCOC(C)(C)CNC. The lowest BCUT2D eigenvalue weighted by molar-refractivity contribution is -0.0168. The Bertz CT molecular complexity index is 134. The number of nitrogens with one attached hydrogen (secondary N) is 1. The van der Waals surface area contributed by atoms with E-state index in [0.717, 1.165) is 13.2 Å². The summed E-state index contributed by atoms with van der Waals surface area (Å²) in [5.41, 5.74) is -0.0157. The first kappa shape index (κ1) is 14.9. The van der Waals surface area contributed by atoms with E-state index in [0.29, 0.717) is 0 Å². The van der Waals surface area contributed by atoms with Gasteiger partial charge in [0.1, 0.15) is 0 Å². The van der Waals surface area contributed by atoms with E-state index in [4.69, 9.17) is 4.74 Å². The highest BCUT2D eigenvalue weighted by atomic mass is 16.5. The van der Waals surface area contributed by atoms with E-state index in [2.05, 4.69) is 26.1 Å². The van der Waals surface area contributed by atoms with Crippen molar-refractivity contribution in [2.24, 2.45) is 0 Å². The minimum absolute atomic E-state index is 0.0157. The third-order valence-electron chi connectivity index (χ3n) is 2.59. The van der Waals surface area contributed by atoms with Gasteiger partial charge in [-0.05, 0) is 27.3 Å². The van der Waals surface area contributed by atoms with Crippen LogP contribution in [0, 0.1) is 0 Å². The Labute approximate surface area is 95.8 Å². The average Bonchev–Trinajstić information content (AvgIpc) is 2.16. The molecule has 0 unspecified atom stereocenters. The number of unbranched alkanes of at least 4 members (excludes halogenated alkanes) is 5. The highest BCUT2D eigenvalue weighted by Crippen LogP contribution is 2.10. The van der Waals surface area contributed by atoms with Gasteiger partial charge < -0.3 is 10.1 Å². The Morgan fingerprint density at radius 2 is 1.60 bits per heavy atom. The van der Waals surface area contributed by atoms with Crippen LogP contribution in [0.4, 0.5) is 0 Å². The molecule has 0 aromatic carbocycles. The number of hydrogen-bond donors (Lipinski definition) is 1. The van der Waals surface area contributed by atoms with Gasteiger partial charge in [0.15, 0.2) is 0 Å². The molecule has 0 radical (unpaired) electrons. The van der Waals surface area contributed by atoms with Crippen LogP contribution in [0.5, 0.6) is 0 Å². The molecule has 0 aliphatic carbocycles. The van der Waals surface area contributed by atoms with E-state index < -0.39 is 0 Å². The maximum atomic E-state index is 5.81. The van der Waals surface area contributed by atoms with Gasteiger partial charge in [0.25, 0.3) is 0 Å². The van der Waals surface area contributed by atoms with Gasteiger partial charge in [0.2, 0.25) is 0 Å². The first-order valence-corrected chi connectivity index (χ1v) is 6.41. The number of hydrogen-bond acceptors (Lipinski definition) is 2. The van der Waals surface area contributed by atoms with Crippen LogP contribution < -0.4 is 5.32 Å². The van der Waals surface area contributed by atoms with E-state index in [1.165, 1.54) is 38.5 Å². The molecule has 0 aliphatic rings. The van der Waals surface area contributed by atoms with Gasteiger partial charge in [0.05, 0.1) is 5.60 Å². The van der Waals surface area contributed by atoms with Gasteiger partial charge in [-0.1, -0.05) is 39.0 Å². The van der Waals surface area contributed by atoms with Crippen molar-refractivity contribution in [3.63, 3.8) is 0 Å². The van der Waals surface area contributed by atoms with Crippen molar-refractivity contribution in [3.05, 3.63) is 0 Å². The summed E-state index contributed by atoms with van der Waals surface area (Å²) in [6, 6.07) is 0. The van der Waals surface area contributed by atoms with Crippen molar-refractivity contribution in [3.8, 4) is 0 Å². The zero-order valence-electron chi connectivity index (χ0n) is 11.1. The predicted octanol–water partition coefficient (Wildman–Crippen LogP) is 3.36. The summed E-state index contributed by atoms with van der Waals surface area (Å²) in [7, 11) is 1.97. The van der Waals surface area contributed by atoms with Gasteiger partial charge in [-0.2, -0.15) is 0 Å². The first-order valence-electron chi connectivity index (χ1n) is 6.41. The van der Waals surface area contributed by atoms with Crippen LogP contribution in [0.2, 0.25) is 0 Å². The molecule has 0 heterocycles. The van der Waals surface area contributed by atoms with Crippen LogP contribution in [0.25, 0.3) is 0 Å². The summed E-state index contributed by atoms with van der Waals surface area (Å²) in [6.07, 6.45) is 7.98. The predicted molar refractivity (Wildman–Crippen MR) is 67.3 cm³/mol. The maximum absolute atomic E-state index is 5.81. The largest absolute Gasteiger partial charge is 0.374 e.